The maximum atomic E-state index is 11.0. The number of hydrogen-bond acceptors (Lipinski definition) is 6. The first-order valence-corrected chi connectivity index (χ1v) is 14.8. The molecular weight excluding hydrogens is 552 g/mol. The van der Waals surface area contributed by atoms with Crippen LogP contribution in [0.3, 0.4) is 0 Å². The van der Waals surface area contributed by atoms with Gasteiger partial charge in [-0.2, -0.15) is 0 Å². The lowest BCUT2D eigenvalue weighted by Crippen LogP contribution is -2.41. The van der Waals surface area contributed by atoms with E-state index in [1.54, 1.807) is 38.1 Å². The third-order valence-corrected chi connectivity index (χ3v) is 7.70. The van der Waals surface area contributed by atoms with Gasteiger partial charge in [0.15, 0.2) is 0 Å². The second kappa shape index (κ2) is 13.2. The first-order chi connectivity index (χ1) is 21.3. The molecule has 0 aromatic heterocycles. The summed E-state index contributed by atoms with van der Waals surface area (Å²) < 4.78 is 23.4. The van der Waals surface area contributed by atoms with E-state index in [1.807, 2.05) is 103 Å². The molecule has 5 aromatic rings. The lowest BCUT2D eigenvalue weighted by atomic mass is 9.71. The molecule has 0 radical (unpaired) electrons. The van der Waals surface area contributed by atoms with E-state index in [2.05, 4.69) is 19.1 Å². The first-order valence-electron chi connectivity index (χ1n) is 14.8. The van der Waals surface area contributed by atoms with Crippen LogP contribution in [0.15, 0.2) is 140 Å². The van der Waals surface area contributed by atoms with Gasteiger partial charge in [-0.05, 0) is 72.1 Å². The predicted octanol–water partition coefficient (Wildman–Crippen LogP) is 8.07. The van der Waals surface area contributed by atoms with Crippen LogP contribution in [-0.2, 0) is 5.41 Å². The van der Waals surface area contributed by atoms with Crippen molar-refractivity contribution in [2.45, 2.75) is 51.0 Å². The Kier molecular flexibility index (Phi) is 9.23. The van der Waals surface area contributed by atoms with Crippen LogP contribution < -0.4 is 18.9 Å². The lowest BCUT2D eigenvalue weighted by Gasteiger charge is -2.33. The van der Waals surface area contributed by atoms with Crippen molar-refractivity contribution in [3.63, 3.8) is 0 Å². The smallest absolute Gasteiger partial charge is 0.368 e. The van der Waals surface area contributed by atoms with E-state index < -0.39 is 17.4 Å². The largest absolute Gasteiger partial charge is 0.430 e. The zero-order valence-corrected chi connectivity index (χ0v) is 25.2. The summed E-state index contributed by atoms with van der Waals surface area (Å²) in [6.07, 6.45) is 0.451. The Morgan fingerprint density at radius 1 is 0.409 bits per heavy atom. The average molecular weight is 591 g/mol. The molecule has 226 valence electrons. The Hall–Kier alpha value is -4.78. The minimum atomic E-state index is -1.81. The fourth-order valence-corrected chi connectivity index (χ4v) is 5.03. The Bertz CT molecular complexity index is 1490. The molecule has 0 spiro atoms. The first kappa shape index (κ1) is 30.7. The van der Waals surface area contributed by atoms with Gasteiger partial charge in [0.2, 0.25) is 0 Å². The van der Waals surface area contributed by atoms with Crippen molar-refractivity contribution >= 4 is 0 Å². The molecule has 0 fully saturated rings. The number of hydrogen-bond donors (Lipinski definition) is 2. The maximum absolute atomic E-state index is 11.0. The highest BCUT2D eigenvalue weighted by molar-refractivity contribution is 5.51. The van der Waals surface area contributed by atoms with E-state index in [0.29, 0.717) is 23.0 Å². The summed E-state index contributed by atoms with van der Waals surface area (Å²) in [6, 6.07) is 43.8. The molecule has 5 aromatic carbocycles. The third kappa shape index (κ3) is 7.05. The van der Waals surface area contributed by atoms with E-state index in [4.69, 9.17) is 18.9 Å². The Labute approximate surface area is 259 Å². The number of aliphatic hydroxyl groups is 2. The highest BCUT2D eigenvalue weighted by Gasteiger charge is 2.34. The fourth-order valence-electron chi connectivity index (χ4n) is 5.03. The SMILES string of the molecule is CCC(O)(Oc1ccccc1)Oc1ccc(C(C)(c2ccccc2)c2ccc(OC(O)(CC)Oc3ccccc3)cc2)cc1. The molecule has 2 atom stereocenters. The summed E-state index contributed by atoms with van der Waals surface area (Å²) in [5.41, 5.74) is 2.59. The molecule has 2 N–H and O–H groups in total. The van der Waals surface area contributed by atoms with Gasteiger partial charge in [-0.3, -0.25) is 0 Å². The summed E-state index contributed by atoms with van der Waals surface area (Å²) >= 11 is 0. The Balaban J connectivity index is 1.40. The number of benzene rings is 5. The summed E-state index contributed by atoms with van der Waals surface area (Å²) in [7, 11) is 0. The summed E-state index contributed by atoms with van der Waals surface area (Å²) in [4.78, 5) is 0. The van der Waals surface area contributed by atoms with Gasteiger partial charge in [0, 0.05) is 5.41 Å². The van der Waals surface area contributed by atoms with Gasteiger partial charge in [0.05, 0.1) is 12.8 Å². The van der Waals surface area contributed by atoms with Crippen LogP contribution in [0.1, 0.15) is 50.3 Å². The molecule has 0 saturated carbocycles. The molecule has 0 bridgehead atoms. The molecule has 5 rings (SSSR count). The number of rotatable bonds is 13. The van der Waals surface area contributed by atoms with E-state index >= 15 is 0 Å². The maximum Gasteiger partial charge on any atom is 0.368 e. The number of para-hydroxylation sites is 2. The van der Waals surface area contributed by atoms with Crippen molar-refractivity contribution in [2.24, 2.45) is 0 Å². The van der Waals surface area contributed by atoms with Crippen molar-refractivity contribution in [1.82, 2.24) is 0 Å². The molecule has 6 nitrogen and oxygen atoms in total. The van der Waals surface area contributed by atoms with Crippen LogP contribution in [0.4, 0.5) is 0 Å². The van der Waals surface area contributed by atoms with Crippen molar-refractivity contribution in [2.75, 3.05) is 0 Å². The minimum Gasteiger partial charge on any atom is -0.430 e. The van der Waals surface area contributed by atoms with Crippen LogP contribution in [0.2, 0.25) is 0 Å². The van der Waals surface area contributed by atoms with E-state index in [1.165, 1.54) is 0 Å². The molecule has 2 unspecified atom stereocenters. The number of ether oxygens (including phenoxy) is 4. The highest BCUT2D eigenvalue weighted by atomic mass is 16.8. The predicted molar refractivity (Wildman–Crippen MR) is 171 cm³/mol. The Morgan fingerprint density at radius 2 is 0.682 bits per heavy atom. The monoisotopic (exact) mass is 590 g/mol. The van der Waals surface area contributed by atoms with E-state index in [0.717, 1.165) is 16.7 Å². The lowest BCUT2D eigenvalue weighted by molar-refractivity contribution is -0.274. The van der Waals surface area contributed by atoms with Crippen molar-refractivity contribution in [3.8, 4) is 23.0 Å². The summed E-state index contributed by atoms with van der Waals surface area (Å²) in [5.74, 6) is -1.64. The molecule has 0 heterocycles. The van der Waals surface area contributed by atoms with Crippen molar-refractivity contribution < 1.29 is 29.2 Å². The molecule has 44 heavy (non-hydrogen) atoms. The molecular formula is C38H38O6. The molecule has 0 amide bonds. The zero-order chi connectivity index (χ0) is 31.0. The molecule has 0 saturated heterocycles. The van der Waals surface area contributed by atoms with Crippen LogP contribution in [0.5, 0.6) is 23.0 Å². The van der Waals surface area contributed by atoms with Gasteiger partial charge in [0.25, 0.3) is 0 Å². The fraction of sp³-hybridized carbons (Fsp3) is 0.211. The van der Waals surface area contributed by atoms with E-state index in [9.17, 15) is 10.2 Å². The van der Waals surface area contributed by atoms with Crippen LogP contribution in [0.25, 0.3) is 0 Å². The molecule has 6 heteroatoms. The summed E-state index contributed by atoms with van der Waals surface area (Å²) in [6.45, 7) is 5.76. The topological polar surface area (TPSA) is 77.4 Å². The van der Waals surface area contributed by atoms with Gasteiger partial charge in [-0.15, -0.1) is 0 Å². The second-order valence-corrected chi connectivity index (χ2v) is 10.7. The van der Waals surface area contributed by atoms with Gasteiger partial charge in [0.1, 0.15) is 23.0 Å². The Morgan fingerprint density at radius 3 is 1.00 bits per heavy atom. The van der Waals surface area contributed by atoms with Gasteiger partial charge >= 0.3 is 11.9 Å². The van der Waals surface area contributed by atoms with Crippen molar-refractivity contribution in [3.05, 3.63) is 156 Å². The van der Waals surface area contributed by atoms with Gasteiger partial charge < -0.3 is 29.2 Å². The quantitative estimate of drug-likeness (QED) is 0.107. The summed E-state index contributed by atoms with van der Waals surface area (Å²) in [5, 5.41) is 22.1. The van der Waals surface area contributed by atoms with Crippen molar-refractivity contribution in [1.29, 1.82) is 0 Å². The second-order valence-electron chi connectivity index (χ2n) is 10.7. The van der Waals surface area contributed by atoms with Crippen LogP contribution in [0, 0.1) is 0 Å². The molecule has 0 aliphatic heterocycles. The van der Waals surface area contributed by atoms with Crippen LogP contribution in [-0.4, -0.2) is 22.2 Å². The average Bonchev–Trinajstić information content (AvgIpc) is 3.06. The third-order valence-electron chi connectivity index (χ3n) is 7.70. The van der Waals surface area contributed by atoms with Gasteiger partial charge in [-0.25, -0.2) is 0 Å². The zero-order valence-electron chi connectivity index (χ0n) is 25.2. The van der Waals surface area contributed by atoms with E-state index in [-0.39, 0.29) is 12.8 Å². The standard InChI is InChI=1S/C38H38O6/c1-4-37(39,41-32-17-11-7-12-18-32)43-34-25-21-30(22-26-34)36(3,29-15-9-6-10-16-29)31-23-27-35(28-24-31)44-38(40,5-2)42-33-19-13-8-14-20-33/h6-28,39-40H,4-5H2,1-3H3. The van der Waals surface area contributed by atoms with Gasteiger partial charge in [-0.1, -0.05) is 105 Å². The normalized spacial score (nSPS) is 15.2. The molecule has 0 aliphatic carbocycles. The van der Waals surface area contributed by atoms with Crippen LogP contribution >= 0.6 is 0 Å². The minimum absolute atomic E-state index is 0.226. The molecule has 0 aliphatic rings. The highest BCUT2D eigenvalue weighted by Crippen LogP contribution is 2.40.